The molecule has 2 aromatic carbocycles. The molecule has 0 bridgehead atoms. The van der Waals surface area contributed by atoms with Gasteiger partial charge in [0.25, 0.3) is 5.91 Å². The van der Waals surface area contributed by atoms with Gasteiger partial charge < -0.3 is 14.8 Å². The predicted octanol–water partition coefficient (Wildman–Crippen LogP) is 3.17. The van der Waals surface area contributed by atoms with E-state index in [1.807, 2.05) is 6.07 Å². The number of nitrogens with zero attached hydrogens (tertiary/aromatic N) is 1. The second-order valence-corrected chi connectivity index (χ2v) is 5.59. The zero-order chi connectivity index (χ0) is 20.0. The summed E-state index contributed by atoms with van der Waals surface area (Å²) >= 11 is 0. The molecule has 0 spiro atoms. The summed E-state index contributed by atoms with van der Waals surface area (Å²) in [5, 5.41) is 11.0. The van der Waals surface area contributed by atoms with Gasteiger partial charge in [-0.05, 0) is 50.2 Å². The molecule has 0 radical (unpaired) electrons. The minimum atomic E-state index is -1.23. The number of benzene rings is 2. The number of ether oxygens (including phenoxy) is 2. The molecule has 0 unspecified atom stereocenters. The average molecular weight is 374 g/mol. The molecule has 8 heteroatoms. The van der Waals surface area contributed by atoms with Crippen LogP contribution in [0.5, 0.6) is 5.75 Å². The van der Waals surface area contributed by atoms with E-state index in [2.05, 4.69) is 5.32 Å². The van der Waals surface area contributed by atoms with Crippen molar-refractivity contribution in [3.63, 3.8) is 0 Å². The van der Waals surface area contributed by atoms with Crippen molar-refractivity contribution in [2.75, 3.05) is 5.32 Å². The van der Waals surface area contributed by atoms with E-state index in [1.165, 1.54) is 38.1 Å². The van der Waals surface area contributed by atoms with Gasteiger partial charge in [-0.15, -0.1) is 0 Å². The Labute approximate surface area is 154 Å². The molecule has 1 N–H and O–H groups in total. The van der Waals surface area contributed by atoms with Crippen molar-refractivity contribution in [1.29, 1.82) is 5.26 Å². The van der Waals surface area contributed by atoms with Gasteiger partial charge in [0, 0.05) is 6.07 Å². The molecule has 0 saturated heterocycles. The summed E-state index contributed by atoms with van der Waals surface area (Å²) in [5.41, 5.74) is 0.210. The number of hydrogen-bond acceptors (Lipinski definition) is 5. The Hall–Kier alpha value is -3.47. The predicted molar refractivity (Wildman–Crippen MR) is 91.8 cm³/mol. The summed E-state index contributed by atoms with van der Waals surface area (Å²) in [6.07, 6.45) is -2.25. The molecule has 2 aromatic rings. The third kappa shape index (κ3) is 5.51. The number of rotatable bonds is 6. The van der Waals surface area contributed by atoms with E-state index in [0.717, 1.165) is 12.1 Å². The van der Waals surface area contributed by atoms with E-state index < -0.39 is 35.7 Å². The lowest BCUT2D eigenvalue weighted by Crippen LogP contribution is -2.35. The molecule has 6 nitrogen and oxygen atoms in total. The lowest BCUT2D eigenvalue weighted by atomic mass is 10.2. The first kappa shape index (κ1) is 19.8. The maximum Gasteiger partial charge on any atom is 0.347 e. The molecule has 0 heterocycles. The molecule has 0 aliphatic carbocycles. The van der Waals surface area contributed by atoms with Gasteiger partial charge in [-0.2, -0.15) is 5.26 Å². The number of amides is 1. The molecule has 0 fully saturated rings. The van der Waals surface area contributed by atoms with Crippen molar-refractivity contribution in [3.05, 3.63) is 59.7 Å². The normalized spacial score (nSPS) is 12.4. The number of anilines is 1. The Bertz CT molecular complexity index is 878. The first-order valence-corrected chi connectivity index (χ1v) is 7.93. The third-order valence-corrected chi connectivity index (χ3v) is 3.48. The number of carbonyl (C=O) groups is 2. The fourth-order valence-electron chi connectivity index (χ4n) is 2.01. The Morgan fingerprint density at radius 1 is 1.07 bits per heavy atom. The Morgan fingerprint density at radius 3 is 2.33 bits per heavy atom. The zero-order valence-electron chi connectivity index (χ0n) is 14.5. The highest BCUT2D eigenvalue weighted by Gasteiger charge is 2.24. The minimum absolute atomic E-state index is 0.230. The standard InChI is InChI=1S/C19H16F2N2O4/c1-11(18(24)23-17-8-5-14(20)9-16(17)21)27-19(25)12(2)26-15-6-3-13(10-22)4-7-15/h3-9,11-12H,1-2H3,(H,23,24)/t11-,12-/m1/s1. The summed E-state index contributed by atoms with van der Waals surface area (Å²) in [4.78, 5) is 24.1. The molecule has 27 heavy (non-hydrogen) atoms. The monoisotopic (exact) mass is 374 g/mol. The molecular weight excluding hydrogens is 358 g/mol. The highest BCUT2D eigenvalue weighted by atomic mass is 19.1. The van der Waals surface area contributed by atoms with Crippen LogP contribution in [0.15, 0.2) is 42.5 Å². The second kappa shape index (κ2) is 8.76. The number of halogens is 2. The van der Waals surface area contributed by atoms with E-state index in [9.17, 15) is 18.4 Å². The smallest absolute Gasteiger partial charge is 0.347 e. The van der Waals surface area contributed by atoms with Gasteiger partial charge in [-0.1, -0.05) is 0 Å². The lowest BCUT2D eigenvalue weighted by Gasteiger charge is -2.18. The van der Waals surface area contributed by atoms with Gasteiger partial charge in [-0.3, -0.25) is 4.79 Å². The van der Waals surface area contributed by atoms with Crippen LogP contribution in [0.1, 0.15) is 19.4 Å². The van der Waals surface area contributed by atoms with E-state index in [4.69, 9.17) is 14.7 Å². The Balaban J connectivity index is 1.91. The fourth-order valence-corrected chi connectivity index (χ4v) is 2.01. The van der Waals surface area contributed by atoms with E-state index >= 15 is 0 Å². The van der Waals surface area contributed by atoms with Crippen molar-refractivity contribution >= 4 is 17.6 Å². The largest absolute Gasteiger partial charge is 0.479 e. The van der Waals surface area contributed by atoms with Crippen molar-refractivity contribution < 1.29 is 27.8 Å². The van der Waals surface area contributed by atoms with E-state index in [-0.39, 0.29) is 5.69 Å². The number of nitrogens with one attached hydrogen (secondary N) is 1. The van der Waals surface area contributed by atoms with Gasteiger partial charge in [0.2, 0.25) is 0 Å². The van der Waals surface area contributed by atoms with Crippen LogP contribution < -0.4 is 10.1 Å². The van der Waals surface area contributed by atoms with Crippen LogP contribution in [0.3, 0.4) is 0 Å². The van der Waals surface area contributed by atoms with Crippen LogP contribution in [0, 0.1) is 23.0 Å². The lowest BCUT2D eigenvalue weighted by molar-refractivity contribution is -0.159. The number of hydrogen-bond donors (Lipinski definition) is 1. The molecule has 0 saturated carbocycles. The summed E-state index contributed by atoms with van der Waals surface area (Å²) in [6.45, 7) is 2.74. The highest BCUT2D eigenvalue weighted by Crippen LogP contribution is 2.16. The summed E-state index contributed by atoms with van der Waals surface area (Å²) in [5.74, 6) is -2.96. The van der Waals surface area contributed by atoms with Crippen molar-refractivity contribution in [2.45, 2.75) is 26.1 Å². The minimum Gasteiger partial charge on any atom is -0.479 e. The van der Waals surface area contributed by atoms with E-state index in [1.54, 1.807) is 0 Å². The summed E-state index contributed by atoms with van der Waals surface area (Å²) in [6, 6.07) is 10.7. The van der Waals surface area contributed by atoms with Gasteiger partial charge in [0.15, 0.2) is 12.2 Å². The molecule has 0 aliphatic rings. The third-order valence-electron chi connectivity index (χ3n) is 3.48. The molecule has 2 rings (SSSR count). The van der Waals surface area contributed by atoms with Gasteiger partial charge in [-0.25, -0.2) is 13.6 Å². The van der Waals surface area contributed by atoms with Crippen molar-refractivity contribution in [3.8, 4) is 11.8 Å². The quantitative estimate of drug-likeness (QED) is 0.785. The highest BCUT2D eigenvalue weighted by molar-refractivity contribution is 5.95. The molecule has 140 valence electrons. The molecule has 0 aromatic heterocycles. The van der Waals surface area contributed by atoms with Crippen LogP contribution in [0.2, 0.25) is 0 Å². The first-order chi connectivity index (χ1) is 12.8. The van der Waals surface area contributed by atoms with Gasteiger partial charge >= 0.3 is 5.97 Å². The maximum atomic E-state index is 13.6. The van der Waals surface area contributed by atoms with Crippen LogP contribution in [0.25, 0.3) is 0 Å². The second-order valence-electron chi connectivity index (χ2n) is 5.59. The van der Waals surface area contributed by atoms with Gasteiger partial charge in [0.05, 0.1) is 17.3 Å². The number of esters is 1. The van der Waals surface area contributed by atoms with Crippen molar-refractivity contribution in [1.82, 2.24) is 0 Å². The van der Waals surface area contributed by atoms with Crippen LogP contribution >= 0.6 is 0 Å². The summed E-state index contributed by atoms with van der Waals surface area (Å²) in [7, 11) is 0. The fraction of sp³-hybridized carbons (Fsp3) is 0.211. The molecule has 0 aliphatic heterocycles. The average Bonchev–Trinajstić information content (AvgIpc) is 2.64. The first-order valence-electron chi connectivity index (χ1n) is 7.93. The number of carbonyl (C=O) groups excluding carboxylic acids is 2. The maximum absolute atomic E-state index is 13.6. The molecule has 1 amide bonds. The van der Waals surface area contributed by atoms with Crippen LogP contribution in [-0.4, -0.2) is 24.1 Å². The molecular formula is C19H16F2N2O4. The number of nitriles is 1. The van der Waals surface area contributed by atoms with Crippen LogP contribution in [0.4, 0.5) is 14.5 Å². The Morgan fingerprint density at radius 2 is 1.74 bits per heavy atom. The Kier molecular flexibility index (Phi) is 6.44. The molecule has 2 atom stereocenters. The van der Waals surface area contributed by atoms with E-state index in [0.29, 0.717) is 17.4 Å². The topological polar surface area (TPSA) is 88.4 Å². The SMILES string of the molecule is C[C@@H](OC(=O)[C@@H](C)Oc1ccc(C#N)cc1)C(=O)Nc1ccc(F)cc1F. The summed E-state index contributed by atoms with van der Waals surface area (Å²) < 4.78 is 36.8. The van der Waals surface area contributed by atoms with Gasteiger partial charge in [0.1, 0.15) is 17.4 Å². The van der Waals surface area contributed by atoms with Crippen LogP contribution in [-0.2, 0) is 14.3 Å². The van der Waals surface area contributed by atoms with Crippen molar-refractivity contribution in [2.24, 2.45) is 0 Å². The zero-order valence-corrected chi connectivity index (χ0v) is 14.5.